The van der Waals surface area contributed by atoms with Gasteiger partial charge in [0.1, 0.15) is 11.2 Å². The molecule has 0 saturated carbocycles. The van der Waals surface area contributed by atoms with Gasteiger partial charge in [0, 0.05) is 47.5 Å². The van der Waals surface area contributed by atoms with E-state index in [1.54, 1.807) is 36.4 Å². The normalized spacial score (nSPS) is 22.6. The predicted octanol–water partition coefficient (Wildman–Crippen LogP) is 7.77. The molecule has 1 fully saturated rings. The molecule has 1 aromatic heterocycles. The molecule has 3 aromatic rings. The number of fused-ring (bicyclic) bond motifs is 2. The van der Waals surface area contributed by atoms with Gasteiger partial charge < -0.3 is 25.4 Å². The van der Waals surface area contributed by atoms with E-state index in [4.69, 9.17) is 27.6 Å². The second-order valence-electron chi connectivity index (χ2n) is 15.6. The summed E-state index contributed by atoms with van der Waals surface area (Å²) in [4.78, 5) is 44.7. The van der Waals surface area contributed by atoms with Gasteiger partial charge in [-0.25, -0.2) is 4.39 Å². The average Bonchev–Trinajstić information content (AvgIpc) is 3.44. The Morgan fingerprint density at radius 3 is 2.44 bits per heavy atom. The molecular weight excluding hydrogens is 670 g/mol. The number of H-pyrrole nitrogens is 1. The van der Waals surface area contributed by atoms with E-state index in [0.717, 1.165) is 0 Å². The molecular formula is C36H45Cl2FN4O4Si. The highest BCUT2D eigenvalue weighted by molar-refractivity contribution is 6.74. The summed E-state index contributed by atoms with van der Waals surface area (Å²) in [7, 11) is -2.09. The fourth-order valence-corrected chi connectivity index (χ4v) is 8.26. The summed E-state index contributed by atoms with van der Waals surface area (Å²) in [6.45, 7) is 17.2. The Morgan fingerprint density at radius 2 is 1.77 bits per heavy atom. The highest BCUT2D eigenvalue weighted by atomic mass is 35.5. The highest BCUT2D eigenvalue weighted by Gasteiger charge is 2.66. The minimum atomic E-state index is -2.09. The molecule has 1 spiro atoms. The van der Waals surface area contributed by atoms with Crippen LogP contribution in [0.1, 0.15) is 70.6 Å². The molecule has 0 unspecified atom stereocenters. The first-order valence-corrected chi connectivity index (χ1v) is 19.9. The fourth-order valence-electron chi connectivity index (χ4n) is 6.86. The van der Waals surface area contributed by atoms with Crippen molar-refractivity contribution >= 4 is 54.7 Å². The molecule has 4 N–H and O–H groups in total. The summed E-state index contributed by atoms with van der Waals surface area (Å²) in [6, 6.07) is 9.74. The third kappa shape index (κ3) is 6.62. The van der Waals surface area contributed by atoms with E-state index in [0.29, 0.717) is 40.6 Å². The minimum Gasteiger partial charge on any atom is -0.416 e. The Kier molecular flexibility index (Phi) is 9.84. The molecule has 12 heteroatoms. The molecule has 4 atom stereocenters. The van der Waals surface area contributed by atoms with Crippen molar-refractivity contribution in [1.82, 2.24) is 10.3 Å². The van der Waals surface area contributed by atoms with Gasteiger partial charge in [-0.15, -0.1) is 0 Å². The maximum absolute atomic E-state index is 16.1. The van der Waals surface area contributed by atoms with Crippen LogP contribution in [-0.4, -0.2) is 43.8 Å². The zero-order valence-electron chi connectivity index (χ0n) is 28.7. The van der Waals surface area contributed by atoms with Crippen molar-refractivity contribution in [3.63, 3.8) is 0 Å². The lowest BCUT2D eigenvalue weighted by atomic mass is 9.62. The van der Waals surface area contributed by atoms with Gasteiger partial charge in [-0.05, 0) is 65.4 Å². The summed E-state index contributed by atoms with van der Waals surface area (Å²) in [6.07, 6.45) is 2.22. The minimum absolute atomic E-state index is 0.0120. The zero-order chi connectivity index (χ0) is 35.4. The molecule has 8 nitrogen and oxygen atoms in total. The third-order valence-corrected chi connectivity index (χ3v) is 15.2. The first kappa shape index (κ1) is 36.3. The van der Waals surface area contributed by atoms with Crippen LogP contribution in [0.25, 0.3) is 0 Å². The number of carbonyl (C=O) groups is 2. The number of aromatic nitrogens is 1. The number of carbonyl (C=O) groups excluding carboxylic acids is 2. The Balaban J connectivity index is 1.60. The van der Waals surface area contributed by atoms with Gasteiger partial charge in [0.05, 0.1) is 16.8 Å². The first-order chi connectivity index (χ1) is 22.3. The van der Waals surface area contributed by atoms with Crippen LogP contribution < -0.4 is 21.5 Å². The Morgan fingerprint density at radius 1 is 1.06 bits per heavy atom. The second-order valence-corrected chi connectivity index (χ2v) is 21.3. The molecule has 0 bridgehead atoms. The Labute approximate surface area is 292 Å². The van der Waals surface area contributed by atoms with Crippen molar-refractivity contribution in [3.8, 4) is 0 Å². The lowest BCUT2D eigenvalue weighted by molar-refractivity contribution is -0.122. The number of hydrogen-bond donors (Lipinski definition) is 4. The Hall–Kier alpha value is -3.02. The first-order valence-electron chi connectivity index (χ1n) is 16.2. The van der Waals surface area contributed by atoms with Crippen molar-refractivity contribution in [1.29, 1.82) is 0 Å². The van der Waals surface area contributed by atoms with Crippen molar-refractivity contribution in [2.45, 2.75) is 95.9 Å². The maximum Gasteiger partial charge on any atom is 0.253 e. The van der Waals surface area contributed by atoms with E-state index in [9.17, 15) is 14.4 Å². The van der Waals surface area contributed by atoms with E-state index < -0.39 is 43.5 Å². The van der Waals surface area contributed by atoms with E-state index >= 15 is 4.39 Å². The van der Waals surface area contributed by atoms with Crippen LogP contribution in [0.3, 0.4) is 0 Å². The fraction of sp³-hybridized carbons (Fsp3) is 0.472. The molecule has 48 heavy (non-hydrogen) atoms. The van der Waals surface area contributed by atoms with Crippen molar-refractivity contribution in [3.05, 3.63) is 91.6 Å². The standard InChI is InChI=1S/C36H45Cl2FN4O4Si/c1-34(2,3)19-27-36(23-13-12-20(37)18-26(23)42-33(36)46)28(22-10-9-11-24(38)29(22)39)30(43-27)32(45)41-25-14-16-40-31(44)21(25)15-17-47-48(7,8)35(4,5)6/h9-14,16,18,27-28,30,43H,15,17,19H2,1-8H3,(H,42,46)(H2,40,41,44,45)/t27-,28-,30+,36+/m0/s1. The smallest absolute Gasteiger partial charge is 0.253 e. The summed E-state index contributed by atoms with van der Waals surface area (Å²) >= 11 is 12.7. The van der Waals surface area contributed by atoms with E-state index in [-0.39, 0.29) is 38.9 Å². The molecule has 0 aliphatic carbocycles. The summed E-state index contributed by atoms with van der Waals surface area (Å²) < 4.78 is 22.5. The van der Waals surface area contributed by atoms with Crippen LogP contribution in [0.4, 0.5) is 15.8 Å². The van der Waals surface area contributed by atoms with Gasteiger partial charge in [0.25, 0.3) is 5.56 Å². The number of benzene rings is 2. The largest absolute Gasteiger partial charge is 0.416 e. The summed E-state index contributed by atoms with van der Waals surface area (Å²) in [5.41, 5.74) is -0.0522. The molecule has 3 heterocycles. The number of hydrogen-bond acceptors (Lipinski definition) is 5. The number of amides is 2. The van der Waals surface area contributed by atoms with Crippen molar-refractivity contribution in [2.75, 3.05) is 17.2 Å². The summed E-state index contributed by atoms with van der Waals surface area (Å²) in [5, 5.41) is 9.73. The predicted molar refractivity (Wildman–Crippen MR) is 193 cm³/mol. The molecule has 2 aliphatic heterocycles. The lowest BCUT2D eigenvalue weighted by Crippen LogP contribution is -2.49. The van der Waals surface area contributed by atoms with Gasteiger partial charge in [-0.1, -0.05) is 82.9 Å². The Bertz CT molecular complexity index is 1800. The third-order valence-electron chi connectivity index (χ3n) is 10.2. The molecule has 2 aliphatic rings. The van der Waals surface area contributed by atoms with Gasteiger partial charge in [0.2, 0.25) is 11.8 Å². The molecule has 2 aromatic carbocycles. The number of aromatic amines is 1. The quantitative estimate of drug-likeness (QED) is 0.178. The second kappa shape index (κ2) is 13.0. The maximum atomic E-state index is 16.1. The van der Waals surface area contributed by atoms with Crippen LogP contribution in [0.2, 0.25) is 28.2 Å². The number of anilines is 2. The number of pyridine rings is 1. The van der Waals surface area contributed by atoms with Crippen LogP contribution in [0, 0.1) is 11.2 Å². The van der Waals surface area contributed by atoms with E-state index in [2.05, 4.69) is 75.6 Å². The summed E-state index contributed by atoms with van der Waals surface area (Å²) in [5.74, 6) is -2.59. The lowest BCUT2D eigenvalue weighted by Gasteiger charge is -2.37. The average molecular weight is 716 g/mol. The topological polar surface area (TPSA) is 112 Å². The number of nitrogens with one attached hydrogen (secondary N) is 4. The van der Waals surface area contributed by atoms with Gasteiger partial charge >= 0.3 is 0 Å². The van der Waals surface area contributed by atoms with Gasteiger partial charge in [-0.3, -0.25) is 14.4 Å². The molecule has 5 rings (SSSR count). The number of rotatable bonds is 8. The van der Waals surface area contributed by atoms with Gasteiger partial charge in [-0.2, -0.15) is 0 Å². The van der Waals surface area contributed by atoms with E-state index in [1.165, 1.54) is 12.3 Å². The molecule has 2 amide bonds. The molecule has 0 radical (unpaired) electrons. The zero-order valence-corrected chi connectivity index (χ0v) is 31.3. The highest BCUT2D eigenvalue weighted by Crippen LogP contribution is 2.57. The van der Waals surface area contributed by atoms with Crippen molar-refractivity contribution < 1.29 is 18.4 Å². The van der Waals surface area contributed by atoms with Crippen LogP contribution in [0.5, 0.6) is 0 Å². The monoisotopic (exact) mass is 714 g/mol. The van der Waals surface area contributed by atoms with Crippen molar-refractivity contribution in [2.24, 2.45) is 5.41 Å². The molecule has 258 valence electrons. The van der Waals surface area contributed by atoms with Crippen LogP contribution >= 0.6 is 23.2 Å². The van der Waals surface area contributed by atoms with E-state index in [1.807, 2.05) is 0 Å². The van der Waals surface area contributed by atoms with Crippen LogP contribution in [-0.2, 0) is 25.9 Å². The molecule has 1 saturated heterocycles. The SMILES string of the molecule is CC(C)(C)C[C@@H]1N[C@@H](C(=O)Nc2cc[nH]c(=O)c2CCO[Si](C)(C)C(C)(C)C)[C@H](c2cccc(Cl)c2F)[C@]12C(=O)Nc1cc(Cl)ccc12. The van der Waals surface area contributed by atoms with Crippen LogP contribution in [0.15, 0.2) is 53.5 Å². The number of halogens is 3. The van der Waals surface area contributed by atoms with Gasteiger partial charge in [0.15, 0.2) is 8.32 Å².